The Morgan fingerprint density at radius 2 is 2.27 bits per heavy atom. The molecule has 0 amide bonds. The van der Waals surface area contributed by atoms with Crippen LogP contribution in [0, 0.1) is 5.92 Å². The number of esters is 1. The highest BCUT2D eigenvalue weighted by Gasteiger charge is 2.28. The van der Waals surface area contributed by atoms with Crippen LogP contribution in [0.2, 0.25) is 0 Å². The smallest absolute Gasteiger partial charge is 0.305 e. The molecular formula is C12H18O3. The predicted octanol–water partition coefficient (Wildman–Crippen LogP) is 1.82. The second-order valence-corrected chi connectivity index (χ2v) is 3.92. The van der Waals surface area contributed by atoms with E-state index in [1.54, 1.807) is 19.9 Å². The van der Waals surface area contributed by atoms with E-state index in [4.69, 9.17) is 4.74 Å². The molecule has 0 aromatic rings. The van der Waals surface area contributed by atoms with Crippen LogP contribution in [-0.4, -0.2) is 23.3 Å². The van der Waals surface area contributed by atoms with Crippen molar-refractivity contribution < 1.29 is 14.6 Å². The minimum absolute atomic E-state index is 0.00749. The summed E-state index contributed by atoms with van der Waals surface area (Å²) in [6.45, 7) is 3.95. The Kier molecular flexibility index (Phi) is 4.09. The van der Waals surface area contributed by atoms with Crippen LogP contribution in [-0.2, 0) is 9.53 Å². The maximum atomic E-state index is 11.2. The van der Waals surface area contributed by atoms with Crippen LogP contribution < -0.4 is 0 Å². The Hall–Kier alpha value is -1.09. The fraction of sp³-hybridized carbons (Fsp3) is 0.583. The van der Waals surface area contributed by atoms with Crippen molar-refractivity contribution in [3.63, 3.8) is 0 Å². The third-order valence-corrected chi connectivity index (χ3v) is 2.60. The van der Waals surface area contributed by atoms with Crippen molar-refractivity contribution >= 4 is 5.97 Å². The number of carbonyl (C=O) groups excluding carboxylic acids is 1. The monoisotopic (exact) mass is 210 g/mol. The summed E-state index contributed by atoms with van der Waals surface area (Å²) < 4.78 is 4.84. The van der Waals surface area contributed by atoms with Crippen molar-refractivity contribution in [3.05, 3.63) is 24.3 Å². The molecule has 1 aliphatic carbocycles. The Bertz CT molecular complexity index is 277. The average molecular weight is 210 g/mol. The van der Waals surface area contributed by atoms with Gasteiger partial charge >= 0.3 is 5.97 Å². The lowest BCUT2D eigenvalue weighted by Crippen LogP contribution is -2.32. The Labute approximate surface area is 90.4 Å². The van der Waals surface area contributed by atoms with E-state index in [0.717, 1.165) is 0 Å². The minimum atomic E-state index is -0.846. The van der Waals surface area contributed by atoms with E-state index in [2.05, 4.69) is 0 Å². The highest BCUT2D eigenvalue weighted by molar-refractivity contribution is 5.69. The highest BCUT2D eigenvalue weighted by Crippen LogP contribution is 2.27. The fourth-order valence-electron chi connectivity index (χ4n) is 1.66. The van der Waals surface area contributed by atoms with E-state index in [0.29, 0.717) is 19.4 Å². The summed E-state index contributed by atoms with van der Waals surface area (Å²) in [5.74, 6) is -0.205. The second kappa shape index (κ2) is 5.12. The molecule has 0 bridgehead atoms. The third kappa shape index (κ3) is 3.51. The number of aliphatic hydroxyl groups is 1. The number of hydrogen-bond acceptors (Lipinski definition) is 3. The molecule has 1 N–H and O–H groups in total. The van der Waals surface area contributed by atoms with Crippen LogP contribution >= 0.6 is 0 Å². The van der Waals surface area contributed by atoms with Crippen molar-refractivity contribution in [1.82, 2.24) is 0 Å². The van der Waals surface area contributed by atoms with E-state index < -0.39 is 5.60 Å². The maximum absolute atomic E-state index is 11.2. The van der Waals surface area contributed by atoms with Gasteiger partial charge in [0, 0.05) is 12.3 Å². The average Bonchev–Trinajstić information content (AvgIpc) is 2.16. The normalized spacial score (nSPS) is 29.1. The molecule has 84 valence electrons. The molecule has 3 heteroatoms. The van der Waals surface area contributed by atoms with Gasteiger partial charge < -0.3 is 9.84 Å². The summed E-state index contributed by atoms with van der Waals surface area (Å²) in [5.41, 5.74) is -0.846. The number of carbonyl (C=O) groups is 1. The first-order valence-corrected chi connectivity index (χ1v) is 5.30. The van der Waals surface area contributed by atoms with Crippen molar-refractivity contribution in [2.45, 2.75) is 32.3 Å². The molecular weight excluding hydrogens is 192 g/mol. The van der Waals surface area contributed by atoms with Crippen molar-refractivity contribution in [3.8, 4) is 0 Å². The summed E-state index contributed by atoms with van der Waals surface area (Å²) in [5, 5.41) is 9.99. The molecule has 0 fully saturated rings. The topological polar surface area (TPSA) is 46.5 Å². The maximum Gasteiger partial charge on any atom is 0.305 e. The molecule has 0 aliphatic heterocycles. The molecule has 2 atom stereocenters. The molecule has 0 unspecified atom stereocenters. The lowest BCUT2D eigenvalue weighted by molar-refractivity contribution is -0.143. The third-order valence-electron chi connectivity index (χ3n) is 2.60. The fourth-order valence-corrected chi connectivity index (χ4v) is 1.66. The van der Waals surface area contributed by atoms with Gasteiger partial charge in [-0.2, -0.15) is 0 Å². The van der Waals surface area contributed by atoms with E-state index in [-0.39, 0.29) is 11.9 Å². The van der Waals surface area contributed by atoms with Crippen LogP contribution in [0.15, 0.2) is 24.3 Å². The van der Waals surface area contributed by atoms with Gasteiger partial charge in [-0.1, -0.05) is 24.3 Å². The number of ether oxygens (including phenoxy) is 1. The largest absolute Gasteiger partial charge is 0.466 e. The van der Waals surface area contributed by atoms with Gasteiger partial charge in [0.25, 0.3) is 0 Å². The number of rotatable bonds is 4. The number of allylic oxidation sites excluding steroid dienone is 2. The van der Waals surface area contributed by atoms with E-state index in [1.165, 1.54) is 0 Å². The number of hydrogen-bond donors (Lipinski definition) is 1. The summed E-state index contributed by atoms with van der Waals surface area (Å²) in [6.07, 6.45) is 8.37. The second-order valence-electron chi connectivity index (χ2n) is 3.92. The molecule has 0 aromatic carbocycles. The standard InChI is InChI=1S/C12H18O3/c1-3-15-11(13)8-7-10-6-4-5-9-12(10,2)14/h4-6,9-10,14H,3,7-8H2,1-2H3/t10-,12-/m1/s1. The van der Waals surface area contributed by atoms with Gasteiger partial charge in [-0.15, -0.1) is 0 Å². The Morgan fingerprint density at radius 3 is 2.87 bits per heavy atom. The zero-order valence-corrected chi connectivity index (χ0v) is 9.27. The van der Waals surface area contributed by atoms with E-state index in [9.17, 15) is 9.90 Å². The van der Waals surface area contributed by atoms with E-state index in [1.807, 2.05) is 18.2 Å². The van der Waals surface area contributed by atoms with Crippen LogP contribution in [0.4, 0.5) is 0 Å². The van der Waals surface area contributed by atoms with Crippen LogP contribution in [0.5, 0.6) is 0 Å². The lowest BCUT2D eigenvalue weighted by Gasteiger charge is -2.29. The van der Waals surface area contributed by atoms with Crippen LogP contribution in [0.3, 0.4) is 0 Å². The molecule has 1 aliphatic rings. The molecule has 0 radical (unpaired) electrons. The summed E-state index contributed by atoms with van der Waals surface area (Å²) in [6, 6.07) is 0. The quantitative estimate of drug-likeness (QED) is 0.720. The van der Waals surface area contributed by atoms with Gasteiger partial charge in [0.2, 0.25) is 0 Å². The van der Waals surface area contributed by atoms with E-state index >= 15 is 0 Å². The Morgan fingerprint density at radius 1 is 1.53 bits per heavy atom. The summed E-state index contributed by atoms with van der Waals surface area (Å²) >= 11 is 0. The van der Waals surface area contributed by atoms with Crippen molar-refractivity contribution in [2.24, 2.45) is 5.92 Å². The van der Waals surface area contributed by atoms with Crippen LogP contribution in [0.1, 0.15) is 26.7 Å². The first kappa shape index (κ1) is 12.0. The zero-order chi connectivity index (χ0) is 11.3. The minimum Gasteiger partial charge on any atom is -0.466 e. The van der Waals surface area contributed by atoms with Crippen LogP contribution in [0.25, 0.3) is 0 Å². The van der Waals surface area contributed by atoms with Gasteiger partial charge in [-0.3, -0.25) is 4.79 Å². The Balaban J connectivity index is 2.42. The van der Waals surface area contributed by atoms with Gasteiger partial charge in [0.15, 0.2) is 0 Å². The molecule has 3 nitrogen and oxygen atoms in total. The molecule has 0 saturated heterocycles. The SMILES string of the molecule is CCOC(=O)CC[C@H]1C=CC=C[C@@]1(C)O. The first-order valence-electron chi connectivity index (χ1n) is 5.30. The molecule has 0 aromatic heterocycles. The summed E-state index contributed by atoms with van der Waals surface area (Å²) in [4.78, 5) is 11.2. The molecule has 1 rings (SSSR count). The predicted molar refractivity (Wildman–Crippen MR) is 58.3 cm³/mol. The zero-order valence-electron chi connectivity index (χ0n) is 9.27. The van der Waals surface area contributed by atoms with Gasteiger partial charge in [-0.25, -0.2) is 0 Å². The van der Waals surface area contributed by atoms with Gasteiger partial charge in [0.1, 0.15) is 0 Å². The molecule has 0 heterocycles. The van der Waals surface area contributed by atoms with Crippen molar-refractivity contribution in [2.75, 3.05) is 6.61 Å². The highest BCUT2D eigenvalue weighted by atomic mass is 16.5. The first-order chi connectivity index (χ1) is 7.06. The van der Waals surface area contributed by atoms with Gasteiger partial charge in [0.05, 0.1) is 12.2 Å². The molecule has 0 saturated carbocycles. The summed E-state index contributed by atoms with van der Waals surface area (Å²) in [7, 11) is 0. The lowest BCUT2D eigenvalue weighted by atomic mass is 9.82. The molecule has 0 spiro atoms. The van der Waals surface area contributed by atoms with Crippen molar-refractivity contribution in [1.29, 1.82) is 0 Å². The van der Waals surface area contributed by atoms with Gasteiger partial charge in [-0.05, 0) is 20.3 Å². The molecule has 15 heavy (non-hydrogen) atoms.